The van der Waals surface area contributed by atoms with Gasteiger partial charge < -0.3 is 24.2 Å². The highest BCUT2D eigenvalue weighted by Gasteiger charge is 2.50. The van der Waals surface area contributed by atoms with Crippen LogP contribution in [0, 0.1) is 0 Å². The van der Waals surface area contributed by atoms with Crippen LogP contribution >= 0.6 is 0 Å². The Morgan fingerprint density at radius 1 is 0.938 bits per heavy atom. The average molecular weight is 433 g/mol. The Morgan fingerprint density at radius 2 is 1.62 bits per heavy atom. The average Bonchev–Trinajstić information content (AvgIpc) is 2.83. The van der Waals surface area contributed by atoms with Crippen LogP contribution in [0.3, 0.4) is 0 Å². The molecule has 7 nitrogen and oxygen atoms in total. The van der Waals surface area contributed by atoms with Crippen molar-refractivity contribution in [1.82, 2.24) is 4.90 Å². The van der Waals surface area contributed by atoms with Crippen molar-refractivity contribution in [2.24, 2.45) is 0 Å². The standard InChI is InChI=1S/C25H23NO6/c1-30-20-13-8-16(14-21(20)31-2)15-26-22(17-9-11-18(12-10-17)25(28)29)23(24(26)27)32-19-6-4-3-5-7-19/h3-14,22-23H,15H2,1-2H3,(H,28,29). The Morgan fingerprint density at radius 3 is 2.25 bits per heavy atom. The molecule has 1 heterocycles. The molecule has 1 saturated heterocycles. The van der Waals surface area contributed by atoms with Gasteiger partial charge in [0.25, 0.3) is 5.91 Å². The Balaban J connectivity index is 1.62. The van der Waals surface area contributed by atoms with Crippen molar-refractivity contribution in [1.29, 1.82) is 0 Å². The van der Waals surface area contributed by atoms with Crippen LogP contribution in [0.2, 0.25) is 0 Å². The molecular formula is C25H23NO6. The van der Waals surface area contributed by atoms with Crippen molar-refractivity contribution < 1.29 is 28.9 Å². The van der Waals surface area contributed by atoms with E-state index < -0.39 is 12.1 Å². The summed E-state index contributed by atoms with van der Waals surface area (Å²) in [5.41, 5.74) is 1.86. The van der Waals surface area contributed by atoms with Crippen molar-refractivity contribution in [2.45, 2.75) is 18.7 Å². The Kier molecular flexibility index (Phi) is 5.98. The van der Waals surface area contributed by atoms with Gasteiger partial charge in [-0.1, -0.05) is 36.4 Å². The number of carboxylic acid groups (broad SMARTS) is 1. The first-order valence-electron chi connectivity index (χ1n) is 10.1. The highest BCUT2D eigenvalue weighted by Crippen LogP contribution is 2.39. The van der Waals surface area contributed by atoms with Gasteiger partial charge in [0, 0.05) is 6.54 Å². The highest BCUT2D eigenvalue weighted by molar-refractivity contribution is 5.90. The molecule has 4 rings (SSSR count). The predicted octanol–water partition coefficient (Wildman–Crippen LogP) is 3.93. The molecule has 32 heavy (non-hydrogen) atoms. The summed E-state index contributed by atoms with van der Waals surface area (Å²) in [6.07, 6.45) is -0.701. The number of benzene rings is 3. The van der Waals surface area contributed by atoms with E-state index in [1.807, 2.05) is 30.3 Å². The second-order valence-electron chi connectivity index (χ2n) is 7.38. The maximum atomic E-state index is 13.1. The lowest BCUT2D eigenvalue weighted by molar-refractivity contribution is -0.165. The van der Waals surface area contributed by atoms with Gasteiger partial charge in [-0.25, -0.2) is 4.79 Å². The number of amides is 1. The second kappa shape index (κ2) is 9.01. The molecule has 2 unspecified atom stereocenters. The summed E-state index contributed by atoms with van der Waals surface area (Å²) < 4.78 is 16.7. The fourth-order valence-corrected chi connectivity index (χ4v) is 3.81. The smallest absolute Gasteiger partial charge is 0.335 e. The first-order chi connectivity index (χ1) is 15.5. The molecule has 0 aliphatic carbocycles. The third-order valence-corrected chi connectivity index (χ3v) is 5.46. The van der Waals surface area contributed by atoms with Crippen molar-refractivity contribution in [2.75, 3.05) is 14.2 Å². The quantitative estimate of drug-likeness (QED) is 0.542. The van der Waals surface area contributed by atoms with Gasteiger partial charge in [-0.15, -0.1) is 0 Å². The number of likely N-dealkylation sites (tertiary alicyclic amines) is 1. The molecule has 7 heteroatoms. The van der Waals surface area contributed by atoms with E-state index in [4.69, 9.17) is 14.2 Å². The topological polar surface area (TPSA) is 85.3 Å². The summed E-state index contributed by atoms with van der Waals surface area (Å²) in [6, 6.07) is 20.8. The molecule has 0 radical (unpaired) electrons. The molecule has 0 spiro atoms. The Labute approximate surface area is 185 Å². The molecule has 1 amide bonds. The fourth-order valence-electron chi connectivity index (χ4n) is 3.81. The zero-order valence-electron chi connectivity index (χ0n) is 17.7. The lowest BCUT2D eigenvalue weighted by Gasteiger charge is -2.47. The van der Waals surface area contributed by atoms with Crippen LogP contribution in [0.15, 0.2) is 72.8 Å². The van der Waals surface area contributed by atoms with E-state index in [0.717, 1.165) is 11.1 Å². The molecule has 3 aromatic rings. The van der Waals surface area contributed by atoms with Crippen LogP contribution < -0.4 is 14.2 Å². The van der Waals surface area contributed by atoms with Gasteiger partial charge in [0.1, 0.15) is 11.8 Å². The van der Waals surface area contributed by atoms with Crippen LogP contribution in [0.5, 0.6) is 17.2 Å². The van der Waals surface area contributed by atoms with E-state index in [0.29, 0.717) is 23.8 Å². The molecule has 3 aromatic carbocycles. The lowest BCUT2D eigenvalue weighted by Crippen LogP contribution is -2.60. The number of para-hydroxylation sites is 1. The number of methoxy groups -OCH3 is 2. The molecule has 1 N–H and O–H groups in total. The number of β-lactam (4-membered cyclic amide) rings is 1. The molecule has 0 saturated carbocycles. The number of rotatable bonds is 8. The zero-order valence-corrected chi connectivity index (χ0v) is 17.7. The number of ether oxygens (including phenoxy) is 3. The van der Waals surface area contributed by atoms with E-state index in [1.165, 1.54) is 12.1 Å². The maximum absolute atomic E-state index is 13.1. The number of aromatic carboxylic acids is 1. The molecule has 1 fully saturated rings. The molecule has 1 aliphatic rings. The van der Waals surface area contributed by atoms with Crippen LogP contribution in [0.25, 0.3) is 0 Å². The van der Waals surface area contributed by atoms with Crippen LogP contribution in [0.1, 0.15) is 27.5 Å². The van der Waals surface area contributed by atoms with E-state index in [9.17, 15) is 14.7 Å². The van der Waals surface area contributed by atoms with Crippen molar-refractivity contribution in [3.8, 4) is 17.2 Å². The van der Waals surface area contributed by atoms with Crippen LogP contribution in [-0.2, 0) is 11.3 Å². The van der Waals surface area contributed by atoms with Crippen molar-refractivity contribution in [3.63, 3.8) is 0 Å². The molecule has 0 bridgehead atoms. The monoisotopic (exact) mass is 433 g/mol. The minimum absolute atomic E-state index is 0.143. The summed E-state index contributed by atoms with van der Waals surface area (Å²) in [5, 5.41) is 9.20. The second-order valence-corrected chi connectivity index (χ2v) is 7.38. The normalized spacial score (nSPS) is 17.4. The van der Waals surface area contributed by atoms with E-state index in [-0.39, 0.29) is 17.5 Å². The number of hydrogen-bond donors (Lipinski definition) is 1. The van der Waals surface area contributed by atoms with Crippen LogP contribution in [-0.4, -0.2) is 42.2 Å². The predicted molar refractivity (Wildman–Crippen MR) is 117 cm³/mol. The summed E-state index contributed by atoms with van der Waals surface area (Å²) in [5.74, 6) is 0.648. The summed E-state index contributed by atoms with van der Waals surface area (Å²) in [6.45, 7) is 0.346. The number of hydrogen-bond acceptors (Lipinski definition) is 5. The lowest BCUT2D eigenvalue weighted by atomic mass is 9.89. The summed E-state index contributed by atoms with van der Waals surface area (Å²) in [7, 11) is 3.13. The van der Waals surface area contributed by atoms with Gasteiger partial charge in [-0.05, 0) is 47.5 Å². The minimum atomic E-state index is -1.000. The van der Waals surface area contributed by atoms with Gasteiger partial charge in [-0.2, -0.15) is 0 Å². The molecule has 164 valence electrons. The van der Waals surface area contributed by atoms with Gasteiger partial charge in [0.2, 0.25) is 6.10 Å². The fraction of sp³-hybridized carbons (Fsp3) is 0.200. The van der Waals surface area contributed by atoms with Gasteiger partial charge in [0.15, 0.2) is 11.5 Å². The first kappa shape index (κ1) is 21.2. The third kappa shape index (κ3) is 4.09. The number of carboxylic acids is 1. The van der Waals surface area contributed by atoms with Gasteiger partial charge in [-0.3, -0.25) is 4.79 Å². The molecule has 1 aliphatic heterocycles. The molecule has 2 atom stereocenters. The maximum Gasteiger partial charge on any atom is 0.335 e. The van der Waals surface area contributed by atoms with E-state index in [1.54, 1.807) is 49.5 Å². The largest absolute Gasteiger partial charge is 0.493 e. The summed E-state index contributed by atoms with van der Waals surface area (Å²) >= 11 is 0. The van der Waals surface area contributed by atoms with E-state index in [2.05, 4.69) is 0 Å². The number of nitrogens with zero attached hydrogens (tertiary/aromatic N) is 1. The SMILES string of the molecule is COc1ccc(CN2C(=O)C(Oc3ccccc3)C2c2ccc(C(=O)O)cc2)cc1OC. The Bertz CT molecular complexity index is 1110. The highest BCUT2D eigenvalue weighted by atomic mass is 16.5. The molecule has 0 aromatic heterocycles. The van der Waals surface area contributed by atoms with Crippen molar-refractivity contribution >= 4 is 11.9 Å². The van der Waals surface area contributed by atoms with Crippen molar-refractivity contribution in [3.05, 3.63) is 89.5 Å². The van der Waals surface area contributed by atoms with Gasteiger partial charge in [0.05, 0.1) is 19.8 Å². The number of carbonyl (C=O) groups is 2. The van der Waals surface area contributed by atoms with E-state index >= 15 is 0 Å². The third-order valence-electron chi connectivity index (χ3n) is 5.46. The van der Waals surface area contributed by atoms with Crippen LogP contribution in [0.4, 0.5) is 0 Å². The Hall–Kier alpha value is -4.00. The zero-order chi connectivity index (χ0) is 22.7. The first-order valence-corrected chi connectivity index (χ1v) is 10.1. The minimum Gasteiger partial charge on any atom is -0.493 e. The van der Waals surface area contributed by atoms with Gasteiger partial charge >= 0.3 is 5.97 Å². The summed E-state index contributed by atoms with van der Waals surface area (Å²) in [4.78, 5) is 26.0. The molecular weight excluding hydrogens is 410 g/mol. The number of carbonyl (C=O) groups excluding carboxylic acids is 1.